The van der Waals surface area contributed by atoms with Gasteiger partial charge in [-0.15, -0.1) is 0 Å². The number of pyridine rings is 2. The lowest BCUT2D eigenvalue weighted by Gasteiger charge is -2.16. The van der Waals surface area contributed by atoms with E-state index in [1.54, 1.807) is 12.4 Å². The zero-order valence-corrected chi connectivity index (χ0v) is 16.1. The minimum absolute atomic E-state index is 0.152. The molecule has 0 aliphatic carbocycles. The maximum atomic E-state index is 13.1. The van der Waals surface area contributed by atoms with Crippen LogP contribution in [0.25, 0.3) is 22.2 Å². The number of benzene rings is 1. The van der Waals surface area contributed by atoms with E-state index >= 15 is 0 Å². The molecule has 0 aliphatic heterocycles. The highest BCUT2D eigenvalue weighted by Crippen LogP contribution is 2.28. The topological polar surface area (TPSA) is 89.8 Å². The molecule has 0 saturated heterocycles. The Bertz CT molecular complexity index is 1260. The molecular formula is C22H19N5O2. The first-order valence-electron chi connectivity index (χ1n) is 9.28. The van der Waals surface area contributed by atoms with Crippen molar-refractivity contribution < 1.29 is 4.79 Å². The molecule has 0 saturated carbocycles. The lowest BCUT2D eigenvalue weighted by Crippen LogP contribution is -2.28. The molecule has 29 heavy (non-hydrogen) atoms. The Hall–Kier alpha value is -3.87. The molecule has 3 heterocycles. The van der Waals surface area contributed by atoms with Crippen molar-refractivity contribution >= 4 is 28.2 Å². The third-order valence-corrected chi connectivity index (χ3v) is 4.62. The second kappa shape index (κ2) is 7.63. The van der Waals surface area contributed by atoms with Gasteiger partial charge in [0, 0.05) is 29.9 Å². The summed E-state index contributed by atoms with van der Waals surface area (Å²) in [5, 5.41) is 8.41. The van der Waals surface area contributed by atoms with E-state index in [1.807, 2.05) is 55.5 Å². The molecule has 0 aliphatic rings. The van der Waals surface area contributed by atoms with Crippen LogP contribution < -0.4 is 10.9 Å². The minimum atomic E-state index is -0.382. The number of aromatic nitrogens is 4. The molecular weight excluding hydrogens is 366 g/mol. The van der Waals surface area contributed by atoms with Crippen LogP contribution >= 0.6 is 0 Å². The molecule has 0 atom stereocenters. The minimum Gasteiger partial charge on any atom is -0.333 e. The summed E-state index contributed by atoms with van der Waals surface area (Å²) in [5.41, 5.74) is 1.83. The number of aryl methyl sites for hydroxylation is 1. The summed E-state index contributed by atoms with van der Waals surface area (Å²) in [6.07, 6.45) is 3.30. The fourth-order valence-corrected chi connectivity index (χ4v) is 3.25. The molecule has 0 spiro atoms. The van der Waals surface area contributed by atoms with Crippen LogP contribution in [0, 0.1) is 0 Å². The lowest BCUT2D eigenvalue weighted by atomic mass is 10.0. The standard InChI is InChI=1S/C22H19N5O2/c1-3-27-22(29)20(25-21-19-16(11-13-24-21)10-7-12-23-19)17(14(2)28)18(26-27)15-8-5-4-6-9-15/h4-13H,3H2,1-2H3,(H,24,25). The molecule has 1 aromatic carbocycles. The fraction of sp³-hybridized carbons (Fsp3) is 0.136. The van der Waals surface area contributed by atoms with Gasteiger partial charge in [0.25, 0.3) is 5.56 Å². The molecule has 0 radical (unpaired) electrons. The summed E-state index contributed by atoms with van der Waals surface area (Å²) in [6, 6.07) is 14.9. The molecule has 4 rings (SSSR count). The maximum Gasteiger partial charge on any atom is 0.291 e. The number of ketones is 1. The van der Waals surface area contributed by atoms with Gasteiger partial charge in [-0.3, -0.25) is 14.6 Å². The predicted octanol–water partition coefficient (Wildman–Crippen LogP) is 3.82. The van der Waals surface area contributed by atoms with Crippen molar-refractivity contribution in [3.8, 4) is 11.3 Å². The SMILES string of the molecule is CCn1nc(-c2ccccc2)c(C(C)=O)c(Nc2nccc3cccnc23)c1=O. The zero-order chi connectivity index (χ0) is 20.4. The molecule has 1 N–H and O–H groups in total. The molecule has 144 valence electrons. The Morgan fingerprint density at radius 1 is 1.03 bits per heavy atom. The van der Waals surface area contributed by atoms with Gasteiger partial charge in [-0.2, -0.15) is 5.10 Å². The van der Waals surface area contributed by atoms with Crippen LogP contribution in [0.15, 0.2) is 65.7 Å². The summed E-state index contributed by atoms with van der Waals surface area (Å²) in [7, 11) is 0. The van der Waals surface area contributed by atoms with Crippen molar-refractivity contribution in [2.24, 2.45) is 0 Å². The Morgan fingerprint density at radius 3 is 2.55 bits per heavy atom. The Balaban J connectivity index is 1.99. The molecule has 0 amide bonds. The highest BCUT2D eigenvalue weighted by atomic mass is 16.1. The molecule has 0 fully saturated rings. The third-order valence-electron chi connectivity index (χ3n) is 4.62. The third kappa shape index (κ3) is 3.38. The number of nitrogens with zero attached hydrogens (tertiary/aromatic N) is 4. The number of Topliss-reactive ketones (excluding diaryl/α,β-unsaturated/α-hetero) is 1. The van der Waals surface area contributed by atoms with Gasteiger partial charge >= 0.3 is 0 Å². The largest absolute Gasteiger partial charge is 0.333 e. The van der Waals surface area contributed by atoms with Crippen molar-refractivity contribution in [3.05, 3.63) is 76.8 Å². The first-order valence-corrected chi connectivity index (χ1v) is 9.28. The highest BCUT2D eigenvalue weighted by Gasteiger charge is 2.22. The maximum absolute atomic E-state index is 13.1. The number of rotatable bonds is 5. The number of carbonyl (C=O) groups is 1. The Kier molecular flexibility index (Phi) is 4.87. The van der Waals surface area contributed by atoms with Crippen molar-refractivity contribution in [1.29, 1.82) is 0 Å². The van der Waals surface area contributed by atoms with E-state index in [0.29, 0.717) is 23.6 Å². The number of anilines is 2. The van der Waals surface area contributed by atoms with Crippen LogP contribution in [-0.4, -0.2) is 25.5 Å². The number of hydrogen-bond donors (Lipinski definition) is 1. The van der Waals surface area contributed by atoms with E-state index in [0.717, 1.165) is 10.9 Å². The second-order valence-corrected chi connectivity index (χ2v) is 6.50. The fourth-order valence-electron chi connectivity index (χ4n) is 3.25. The quantitative estimate of drug-likeness (QED) is 0.525. The van der Waals surface area contributed by atoms with Gasteiger partial charge in [0.05, 0.1) is 5.56 Å². The summed E-state index contributed by atoms with van der Waals surface area (Å²) < 4.78 is 1.34. The van der Waals surface area contributed by atoms with Gasteiger partial charge in [-0.25, -0.2) is 9.67 Å². The van der Waals surface area contributed by atoms with Crippen molar-refractivity contribution in [2.75, 3.05) is 5.32 Å². The molecule has 0 unspecified atom stereocenters. The number of hydrogen-bond acceptors (Lipinski definition) is 6. The van der Waals surface area contributed by atoms with Crippen molar-refractivity contribution in [3.63, 3.8) is 0 Å². The highest BCUT2D eigenvalue weighted by molar-refractivity contribution is 6.05. The molecule has 7 heteroatoms. The summed E-state index contributed by atoms with van der Waals surface area (Å²) >= 11 is 0. The predicted molar refractivity (Wildman–Crippen MR) is 112 cm³/mol. The van der Waals surface area contributed by atoms with Gasteiger partial charge in [0.2, 0.25) is 0 Å². The summed E-state index contributed by atoms with van der Waals surface area (Å²) in [6.45, 7) is 3.63. The molecule has 3 aromatic heterocycles. The zero-order valence-electron chi connectivity index (χ0n) is 16.1. The van der Waals surface area contributed by atoms with E-state index in [9.17, 15) is 9.59 Å². The normalized spacial score (nSPS) is 10.8. The van der Waals surface area contributed by atoms with Crippen LogP contribution in [-0.2, 0) is 6.54 Å². The van der Waals surface area contributed by atoms with E-state index in [2.05, 4.69) is 20.4 Å². The average Bonchev–Trinajstić information content (AvgIpc) is 2.75. The average molecular weight is 385 g/mol. The van der Waals surface area contributed by atoms with Gasteiger partial charge in [0.15, 0.2) is 11.6 Å². The van der Waals surface area contributed by atoms with Gasteiger partial charge in [-0.05, 0) is 26.0 Å². The Morgan fingerprint density at radius 2 is 1.83 bits per heavy atom. The number of carbonyl (C=O) groups excluding carboxylic acids is 1. The van der Waals surface area contributed by atoms with E-state index < -0.39 is 0 Å². The summed E-state index contributed by atoms with van der Waals surface area (Å²) in [5.74, 6) is 0.156. The number of nitrogens with one attached hydrogen (secondary N) is 1. The molecule has 4 aromatic rings. The van der Waals surface area contributed by atoms with Gasteiger partial charge in [0.1, 0.15) is 16.9 Å². The van der Waals surface area contributed by atoms with Gasteiger partial charge in [-0.1, -0.05) is 36.4 Å². The second-order valence-electron chi connectivity index (χ2n) is 6.50. The van der Waals surface area contributed by atoms with Crippen molar-refractivity contribution in [1.82, 2.24) is 19.7 Å². The first-order chi connectivity index (χ1) is 14.1. The van der Waals surface area contributed by atoms with E-state index in [-0.39, 0.29) is 22.6 Å². The molecule has 7 nitrogen and oxygen atoms in total. The van der Waals surface area contributed by atoms with Crippen LogP contribution in [0.2, 0.25) is 0 Å². The Labute approximate surface area is 167 Å². The summed E-state index contributed by atoms with van der Waals surface area (Å²) in [4.78, 5) is 34.4. The molecule has 0 bridgehead atoms. The smallest absolute Gasteiger partial charge is 0.291 e. The lowest BCUT2D eigenvalue weighted by molar-refractivity contribution is 0.101. The first kappa shape index (κ1) is 18.5. The monoisotopic (exact) mass is 385 g/mol. The van der Waals surface area contributed by atoms with E-state index in [1.165, 1.54) is 11.6 Å². The van der Waals surface area contributed by atoms with Crippen LogP contribution in [0.5, 0.6) is 0 Å². The number of fused-ring (bicyclic) bond motifs is 1. The van der Waals surface area contributed by atoms with Crippen LogP contribution in [0.3, 0.4) is 0 Å². The van der Waals surface area contributed by atoms with Gasteiger partial charge < -0.3 is 5.32 Å². The van der Waals surface area contributed by atoms with Crippen molar-refractivity contribution in [2.45, 2.75) is 20.4 Å². The van der Waals surface area contributed by atoms with Crippen LogP contribution in [0.4, 0.5) is 11.5 Å². The van der Waals surface area contributed by atoms with E-state index in [4.69, 9.17) is 0 Å². The van der Waals surface area contributed by atoms with Crippen LogP contribution in [0.1, 0.15) is 24.2 Å².